The second kappa shape index (κ2) is 5.41. The number of hydrogen-bond acceptors (Lipinski definition) is 3. The first-order valence-corrected chi connectivity index (χ1v) is 7.03. The molecular weight excluding hydrogens is 250 g/mol. The van der Waals surface area contributed by atoms with Gasteiger partial charge in [0.1, 0.15) is 0 Å². The van der Waals surface area contributed by atoms with Crippen LogP contribution >= 0.6 is 0 Å². The Hall–Kier alpha value is -2.23. The number of hydrogen-bond donors (Lipinski definition) is 1. The molecule has 0 spiro atoms. The Balaban J connectivity index is 1.77. The summed E-state index contributed by atoms with van der Waals surface area (Å²) >= 11 is 0. The number of aryl methyl sites for hydroxylation is 1. The van der Waals surface area contributed by atoms with Gasteiger partial charge < -0.3 is 15.2 Å². The van der Waals surface area contributed by atoms with Crippen LogP contribution in [0.2, 0.25) is 0 Å². The summed E-state index contributed by atoms with van der Waals surface area (Å²) in [6, 6.07) is 11.4. The van der Waals surface area contributed by atoms with E-state index in [1.54, 1.807) is 16.7 Å². The van der Waals surface area contributed by atoms with E-state index in [1.807, 2.05) is 18.3 Å². The van der Waals surface area contributed by atoms with E-state index in [4.69, 9.17) is 5.73 Å². The van der Waals surface area contributed by atoms with Crippen molar-refractivity contribution in [3.05, 3.63) is 58.5 Å². The van der Waals surface area contributed by atoms with Crippen LogP contribution in [0.4, 0.5) is 11.4 Å². The lowest BCUT2D eigenvalue weighted by Gasteiger charge is -2.31. The summed E-state index contributed by atoms with van der Waals surface area (Å²) in [7, 11) is 0. The smallest absolute Gasteiger partial charge is 0.250 e. The molecule has 1 aliphatic rings. The summed E-state index contributed by atoms with van der Waals surface area (Å²) in [5, 5.41) is 0. The van der Waals surface area contributed by atoms with Crippen molar-refractivity contribution in [1.29, 1.82) is 0 Å². The standard InChI is InChI=1S/C16H19N3O/c17-14-6-7-15-13(12-14)4-3-9-18(15)10-11-19-8-2-1-5-16(19)20/h1-2,5-8,12H,3-4,9-11,17H2. The minimum absolute atomic E-state index is 0.0574. The Kier molecular flexibility index (Phi) is 3.46. The lowest BCUT2D eigenvalue weighted by Crippen LogP contribution is -2.34. The molecule has 4 heteroatoms. The van der Waals surface area contributed by atoms with Crippen LogP contribution in [0, 0.1) is 0 Å². The molecule has 4 nitrogen and oxygen atoms in total. The van der Waals surface area contributed by atoms with Gasteiger partial charge in [-0.15, -0.1) is 0 Å². The number of aromatic nitrogens is 1. The maximum absolute atomic E-state index is 11.7. The predicted octanol–water partition coefficient (Wildman–Crippen LogP) is 1.88. The molecule has 3 rings (SSSR count). The van der Waals surface area contributed by atoms with Crippen LogP contribution < -0.4 is 16.2 Å². The zero-order valence-electron chi connectivity index (χ0n) is 11.5. The van der Waals surface area contributed by atoms with Gasteiger partial charge in [0.15, 0.2) is 0 Å². The Morgan fingerprint density at radius 1 is 1.15 bits per heavy atom. The first kappa shape index (κ1) is 12.8. The highest BCUT2D eigenvalue weighted by molar-refractivity contribution is 5.61. The number of fused-ring (bicyclic) bond motifs is 1. The van der Waals surface area contributed by atoms with Gasteiger partial charge in [0.25, 0.3) is 5.56 Å². The van der Waals surface area contributed by atoms with Crippen LogP contribution in [0.1, 0.15) is 12.0 Å². The minimum Gasteiger partial charge on any atom is -0.399 e. The van der Waals surface area contributed by atoms with Crippen LogP contribution in [0.5, 0.6) is 0 Å². The third kappa shape index (κ3) is 2.54. The van der Waals surface area contributed by atoms with E-state index < -0.39 is 0 Å². The molecule has 0 amide bonds. The van der Waals surface area contributed by atoms with Gasteiger partial charge in [-0.05, 0) is 42.7 Å². The van der Waals surface area contributed by atoms with E-state index >= 15 is 0 Å². The number of pyridine rings is 1. The summed E-state index contributed by atoms with van der Waals surface area (Å²) < 4.78 is 1.76. The molecule has 0 unspecified atom stereocenters. The van der Waals surface area contributed by atoms with Gasteiger partial charge in [0.05, 0.1) is 0 Å². The van der Waals surface area contributed by atoms with Crippen LogP contribution in [0.3, 0.4) is 0 Å². The summed E-state index contributed by atoms with van der Waals surface area (Å²) in [4.78, 5) is 14.1. The average molecular weight is 269 g/mol. The van der Waals surface area contributed by atoms with Crippen LogP contribution in [0.25, 0.3) is 0 Å². The van der Waals surface area contributed by atoms with Gasteiger partial charge in [0.2, 0.25) is 0 Å². The van der Waals surface area contributed by atoms with E-state index in [1.165, 1.54) is 11.3 Å². The zero-order chi connectivity index (χ0) is 13.9. The SMILES string of the molecule is Nc1ccc2c(c1)CCCN2CCn1ccccc1=O. The molecule has 0 bridgehead atoms. The molecular formula is C16H19N3O. The molecule has 1 aromatic carbocycles. The summed E-state index contributed by atoms with van der Waals surface area (Å²) in [5.41, 5.74) is 9.30. The molecule has 0 saturated heterocycles. The molecule has 1 aromatic heterocycles. The molecule has 20 heavy (non-hydrogen) atoms. The Labute approximate surface area is 118 Å². The Morgan fingerprint density at radius 2 is 2.05 bits per heavy atom. The highest BCUT2D eigenvalue weighted by Crippen LogP contribution is 2.28. The van der Waals surface area contributed by atoms with E-state index in [-0.39, 0.29) is 5.56 Å². The lowest BCUT2D eigenvalue weighted by molar-refractivity contribution is 0.610. The van der Waals surface area contributed by atoms with Crippen molar-refractivity contribution in [2.45, 2.75) is 19.4 Å². The van der Waals surface area contributed by atoms with Gasteiger partial charge >= 0.3 is 0 Å². The minimum atomic E-state index is 0.0574. The van der Waals surface area contributed by atoms with Crippen molar-refractivity contribution in [3.63, 3.8) is 0 Å². The van der Waals surface area contributed by atoms with Crippen molar-refractivity contribution in [2.24, 2.45) is 0 Å². The summed E-state index contributed by atoms with van der Waals surface area (Å²) in [6.07, 6.45) is 4.07. The first-order valence-electron chi connectivity index (χ1n) is 7.03. The highest BCUT2D eigenvalue weighted by atomic mass is 16.1. The zero-order valence-corrected chi connectivity index (χ0v) is 11.5. The highest BCUT2D eigenvalue weighted by Gasteiger charge is 2.16. The molecule has 2 N–H and O–H groups in total. The third-order valence-electron chi connectivity index (χ3n) is 3.83. The molecule has 0 saturated carbocycles. The van der Waals surface area contributed by atoms with E-state index in [0.717, 1.165) is 31.6 Å². The van der Waals surface area contributed by atoms with Crippen LogP contribution in [-0.2, 0) is 13.0 Å². The molecule has 2 heterocycles. The molecule has 1 aliphatic heterocycles. The van der Waals surface area contributed by atoms with Crippen molar-refractivity contribution < 1.29 is 0 Å². The van der Waals surface area contributed by atoms with Gasteiger partial charge in [-0.25, -0.2) is 0 Å². The van der Waals surface area contributed by atoms with Gasteiger partial charge in [-0.3, -0.25) is 4.79 Å². The van der Waals surface area contributed by atoms with E-state index in [9.17, 15) is 4.79 Å². The topological polar surface area (TPSA) is 51.3 Å². The van der Waals surface area contributed by atoms with E-state index in [0.29, 0.717) is 6.54 Å². The number of benzene rings is 1. The number of nitrogen functional groups attached to an aromatic ring is 1. The molecule has 0 aliphatic carbocycles. The largest absolute Gasteiger partial charge is 0.399 e. The van der Waals surface area contributed by atoms with Crippen molar-refractivity contribution >= 4 is 11.4 Å². The van der Waals surface area contributed by atoms with Crippen molar-refractivity contribution in [3.8, 4) is 0 Å². The Bertz CT molecular complexity index is 663. The van der Waals surface area contributed by atoms with E-state index in [2.05, 4.69) is 17.0 Å². The maximum Gasteiger partial charge on any atom is 0.250 e. The number of nitrogens with two attached hydrogens (primary N) is 1. The first-order chi connectivity index (χ1) is 9.74. The predicted molar refractivity (Wildman–Crippen MR) is 82.1 cm³/mol. The van der Waals surface area contributed by atoms with Gasteiger partial charge in [0, 0.05) is 43.3 Å². The number of anilines is 2. The summed E-state index contributed by atoms with van der Waals surface area (Å²) in [6.45, 7) is 2.60. The number of nitrogens with zero attached hydrogens (tertiary/aromatic N) is 2. The fraction of sp³-hybridized carbons (Fsp3) is 0.312. The Morgan fingerprint density at radius 3 is 2.90 bits per heavy atom. The molecule has 2 aromatic rings. The summed E-state index contributed by atoms with van der Waals surface area (Å²) in [5.74, 6) is 0. The third-order valence-corrected chi connectivity index (χ3v) is 3.83. The molecule has 104 valence electrons. The second-order valence-corrected chi connectivity index (χ2v) is 5.21. The van der Waals surface area contributed by atoms with Gasteiger partial charge in [-0.1, -0.05) is 6.07 Å². The monoisotopic (exact) mass is 269 g/mol. The molecule has 0 fully saturated rings. The fourth-order valence-corrected chi connectivity index (χ4v) is 2.80. The molecule has 0 radical (unpaired) electrons. The average Bonchev–Trinajstić information content (AvgIpc) is 2.46. The molecule has 0 atom stereocenters. The quantitative estimate of drug-likeness (QED) is 0.866. The number of rotatable bonds is 3. The van der Waals surface area contributed by atoms with Crippen LogP contribution in [-0.4, -0.2) is 17.7 Å². The van der Waals surface area contributed by atoms with Crippen LogP contribution in [0.15, 0.2) is 47.4 Å². The van der Waals surface area contributed by atoms with Gasteiger partial charge in [-0.2, -0.15) is 0 Å². The second-order valence-electron chi connectivity index (χ2n) is 5.21. The van der Waals surface area contributed by atoms with Crippen molar-refractivity contribution in [1.82, 2.24) is 4.57 Å². The fourth-order valence-electron chi connectivity index (χ4n) is 2.80. The normalized spacial score (nSPS) is 14.1. The van der Waals surface area contributed by atoms with Crippen molar-refractivity contribution in [2.75, 3.05) is 23.7 Å². The maximum atomic E-state index is 11.7. The lowest BCUT2D eigenvalue weighted by atomic mass is 10.0.